The van der Waals surface area contributed by atoms with Crippen LogP contribution in [-0.4, -0.2) is 0 Å². The van der Waals surface area contributed by atoms with E-state index in [1.54, 1.807) is 0 Å². The summed E-state index contributed by atoms with van der Waals surface area (Å²) in [6.07, 6.45) is 2.60. The fourth-order valence-electron chi connectivity index (χ4n) is 2.78. The van der Waals surface area contributed by atoms with Gasteiger partial charge in [-0.1, -0.05) is 39.7 Å². The van der Waals surface area contributed by atoms with E-state index in [9.17, 15) is 0 Å². The summed E-state index contributed by atoms with van der Waals surface area (Å²) in [7, 11) is 0. The Morgan fingerprint density at radius 1 is 1.10 bits per heavy atom. The Labute approximate surface area is 139 Å². The molecule has 0 aromatic heterocycles. The number of nitrogens with one attached hydrogen (secondary N) is 1. The van der Waals surface area contributed by atoms with E-state index in [1.807, 2.05) is 12.1 Å². The second-order valence-corrected chi connectivity index (χ2v) is 7.16. The van der Waals surface area contributed by atoms with Gasteiger partial charge in [-0.05, 0) is 73.6 Å². The fourth-order valence-corrected chi connectivity index (χ4v) is 3.14. The van der Waals surface area contributed by atoms with Crippen molar-refractivity contribution in [2.24, 2.45) is 5.92 Å². The standard InChI is InChI=1S/C18H19BrClN/c1-11-9-16(10-12(2)17(11)19)21-18(13-3-4-13)14-5-7-15(20)8-6-14/h5-10,13,18,21H,3-4H2,1-2H3. The van der Waals surface area contributed by atoms with E-state index in [1.165, 1.54) is 39.7 Å². The minimum atomic E-state index is 0.377. The summed E-state index contributed by atoms with van der Waals surface area (Å²) in [5.41, 5.74) is 5.05. The van der Waals surface area contributed by atoms with Gasteiger partial charge in [-0.25, -0.2) is 0 Å². The zero-order chi connectivity index (χ0) is 15.0. The van der Waals surface area contributed by atoms with E-state index in [0.29, 0.717) is 6.04 Å². The highest BCUT2D eigenvalue weighted by atomic mass is 79.9. The molecule has 0 heterocycles. The number of rotatable bonds is 4. The normalized spacial score (nSPS) is 15.8. The average molecular weight is 365 g/mol. The lowest BCUT2D eigenvalue weighted by atomic mass is 10.0. The topological polar surface area (TPSA) is 12.0 Å². The Hall–Kier alpha value is -0.990. The Morgan fingerprint density at radius 2 is 1.67 bits per heavy atom. The second-order valence-electron chi connectivity index (χ2n) is 5.94. The predicted octanol–water partition coefficient (Wildman–Crippen LogP) is 6.28. The number of halogens is 2. The molecule has 0 saturated heterocycles. The highest BCUT2D eigenvalue weighted by Gasteiger charge is 2.32. The van der Waals surface area contributed by atoms with Crippen LogP contribution < -0.4 is 5.32 Å². The zero-order valence-corrected chi connectivity index (χ0v) is 14.6. The highest BCUT2D eigenvalue weighted by Crippen LogP contribution is 2.43. The molecule has 1 aliphatic carbocycles. The molecule has 2 aromatic carbocycles. The molecule has 1 unspecified atom stereocenters. The first-order valence-electron chi connectivity index (χ1n) is 7.33. The summed E-state index contributed by atoms with van der Waals surface area (Å²) in [6.45, 7) is 4.27. The molecule has 1 nitrogen and oxygen atoms in total. The Balaban J connectivity index is 1.87. The van der Waals surface area contributed by atoms with Crippen molar-refractivity contribution in [3.63, 3.8) is 0 Å². The third-order valence-corrected chi connectivity index (χ3v) is 5.58. The third kappa shape index (κ3) is 3.44. The summed E-state index contributed by atoms with van der Waals surface area (Å²) in [6, 6.07) is 13.0. The molecule has 0 spiro atoms. The number of benzene rings is 2. The largest absolute Gasteiger partial charge is 0.378 e. The maximum atomic E-state index is 6.01. The molecule has 1 atom stereocenters. The molecule has 0 amide bonds. The van der Waals surface area contributed by atoms with E-state index in [0.717, 1.165) is 10.9 Å². The van der Waals surface area contributed by atoms with E-state index >= 15 is 0 Å². The molecule has 1 fully saturated rings. The van der Waals surface area contributed by atoms with Crippen molar-refractivity contribution in [2.75, 3.05) is 5.32 Å². The molecule has 3 heteroatoms. The molecule has 1 aliphatic rings. The van der Waals surface area contributed by atoms with Crippen molar-refractivity contribution in [3.05, 3.63) is 62.6 Å². The van der Waals surface area contributed by atoms with Gasteiger partial charge in [0.05, 0.1) is 6.04 Å². The molecule has 3 rings (SSSR count). The molecule has 0 aliphatic heterocycles. The van der Waals surface area contributed by atoms with Gasteiger partial charge in [0.25, 0.3) is 0 Å². The van der Waals surface area contributed by atoms with Gasteiger partial charge >= 0.3 is 0 Å². The van der Waals surface area contributed by atoms with Crippen LogP contribution in [0.15, 0.2) is 40.9 Å². The Kier molecular flexibility index (Phi) is 4.28. The van der Waals surface area contributed by atoms with E-state index in [2.05, 4.69) is 59.4 Å². The van der Waals surface area contributed by atoms with Crippen LogP contribution in [0.3, 0.4) is 0 Å². The van der Waals surface area contributed by atoms with Crippen LogP contribution in [0.25, 0.3) is 0 Å². The number of hydrogen-bond acceptors (Lipinski definition) is 1. The van der Waals surface area contributed by atoms with Crippen LogP contribution in [0.2, 0.25) is 5.02 Å². The lowest BCUT2D eigenvalue weighted by Crippen LogP contribution is -2.13. The minimum Gasteiger partial charge on any atom is -0.378 e. The van der Waals surface area contributed by atoms with Crippen LogP contribution >= 0.6 is 27.5 Å². The minimum absolute atomic E-state index is 0.377. The van der Waals surface area contributed by atoms with Crippen LogP contribution in [0.5, 0.6) is 0 Å². The van der Waals surface area contributed by atoms with Crippen LogP contribution in [0, 0.1) is 19.8 Å². The summed E-state index contributed by atoms with van der Waals surface area (Å²) >= 11 is 9.64. The molecule has 0 radical (unpaired) electrons. The molecule has 110 valence electrons. The smallest absolute Gasteiger partial charge is 0.0542 e. The average Bonchev–Trinajstić information content (AvgIpc) is 3.28. The van der Waals surface area contributed by atoms with E-state index in [-0.39, 0.29) is 0 Å². The van der Waals surface area contributed by atoms with Crippen molar-refractivity contribution in [1.29, 1.82) is 0 Å². The van der Waals surface area contributed by atoms with Crippen molar-refractivity contribution < 1.29 is 0 Å². The monoisotopic (exact) mass is 363 g/mol. The molecular formula is C18H19BrClN. The maximum Gasteiger partial charge on any atom is 0.0542 e. The van der Waals surface area contributed by atoms with Gasteiger partial charge in [-0.3, -0.25) is 0 Å². The van der Waals surface area contributed by atoms with E-state index in [4.69, 9.17) is 11.6 Å². The summed E-state index contributed by atoms with van der Waals surface area (Å²) in [5, 5.41) is 4.52. The van der Waals surface area contributed by atoms with E-state index < -0.39 is 0 Å². The van der Waals surface area contributed by atoms with Gasteiger partial charge in [0.2, 0.25) is 0 Å². The third-order valence-electron chi connectivity index (χ3n) is 4.08. The molecule has 21 heavy (non-hydrogen) atoms. The highest BCUT2D eigenvalue weighted by molar-refractivity contribution is 9.10. The second kappa shape index (κ2) is 6.02. The molecule has 1 N–H and O–H groups in total. The van der Waals surface area contributed by atoms with Gasteiger partial charge < -0.3 is 5.32 Å². The lowest BCUT2D eigenvalue weighted by Gasteiger charge is -2.21. The van der Waals surface area contributed by atoms with Crippen molar-refractivity contribution in [2.45, 2.75) is 32.7 Å². The zero-order valence-electron chi connectivity index (χ0n) is 12.3. The number of aryl methyl sites for hydroxylation is 2. The van der Waals surface area contributed by atoms with Crippen molar-refractivity contribution in [3.8, 4) is 0 Å². The maximum absolute atomic E-state index is 6.01. The number of hydrogen-bond donors (Lipinski definition) is 1. The van der Waals surface area contributed by atoms with Crippen LogP contribution in [-0.2, 0) is 0 Å². The lowest BCUT2D eigenvalue weighted by molar-refractivity contribution is 0.679. The van der Waals surface area contributed by atoms with Crippen LogP contribution in [0.4, 0.5) is 5.69 Å². The Bertz CT molecular complexity index is 624. The Morgan fingerprint density at radius 3 is 2.19 bits per heavy atom. The summed E-state index contributed by atoms with van der Waals surface area (Å²) in [5.74, 6) is 0.732. The van der Waals surface area contributed by atoms with Gasteiger partial charge in [0, 0.05) is 15.2 Å². The van der Waals surface area contributed by atoms with Crippen molar-refractivity contribution in [1.82, 2.24) is 0 Å². The first kappa shape index (κ1) is 14.9. The van der Waals surface area contributed by atoms with Gasteiger partial charge in [0.15, 0.2) is 0 Å². The molecule has 1 saturated carbocycles. The van der Waals surface area contributed by atoms with Crippen LogP contribution in [0.1, 0.15) is 35.6 Å². The molecular weight excluding hydrogens is 346 g/mol. The molecule has 2 aromatic rings. The van der Waals surface area contributed by atoms with Gasteiger partial charge in [-0.15, -0.1) is 0 Å². The number of anilines is 1. The fraction of sp³-hybridized carbons (Fsp3) is 0.333. The summed E-state index contributed by atoms with van der Waals surface area (Å²) < 4.78 is 1.20. The molecule has 0 bridgehead atoms. The summed E-state index contributed by atoms with van der Waals surface area (Å²) in [4.78, 5) is 0. The first-order chi connectivity index (χ1) is 10.0. The van der Waals surface area contributed by atoms with Gasteiger partial charge in [0.1, 0.15) is 0 Å². The van der Waals surface area contributed by atoms with Crippen molar-refractivity contribution >= 4 is 33.2 Å². The first-order valence-corrected chi connectivity index (χ1v) is 8.50. The quantitative estimate of drug-likeness (QED) is 0.673. The SMILES string of the molecule is Cc1cc(NC(c2ccc(Cl)cc2)C2CC2)cc(C)c1Br. The predicted molar refractivity (Wildman–Crippen MR) is 94.2 cm³/mol. The van der Waals surface area contributed by atoms with Gasteiger partial charge in [-0.2, -0.15) is 0 Å².